The van der Waals surface area contributed by atoms with Gasteiger partial charge in [0.1, 0.15) is 0 Å². The first kappa shape index (κ1) is 19.9. The molecule has 0 bridgehead atoms. The zero-order chi connectivity index (χ0) is 21.1. The van der Waals surface area contributed by atoms with Crippen LogP contribution in [-0.2, 0) is 17.4 Å². The molecule has 1 N–H and O–H groups in total. The number of carbonyl (C=O) groups is 1. The van der Waals surface area contributed by atoms with Gasteiger partial charge < -0.3 is 10.2 Å². The molecule has 1 amide bonds. The Bertz CT molecular complexity index is 1000. The molecule has 30 heavy (non-hydrogen) atoms. The molecule has 0 aliphatic carbocycles. The van der Waals surface area contributed by atoms with E-state index < -0.39 is 11.7 Å². The van der Waals surface area contributed by atoms with E-state index in [2.05, 4.69) is 15.4 Å². The third kappa shape index (κ3) is 4.61. The number of alkyl halides is 3. The Morgan fingerprint density at radius 1 is 1.17 bits per heavy atom. The van der Waals surface area contributed by atoms with Crippen molar-refractivity contribution in [3.05, 3.63) is 72.3 Å². The number of amides is 1. The molecule has 1 fully saturated rings. The van der Waals surface area contributed by atoms with Crippen molar-refractivity contribution in [2.24, 2.45) is 0 Å². The number of carbonyl (C=O) groups excluding carboxylic acids is 1. The van der Waals surface area contributed by atoms with Gasteiger partial charge in [-0.25, -0.2) is 4.68 Å². The molecule has 4 rings (SSSR count). The molecule has 1 saturated heterocycles. The Labute approximate surface area is 171 Å². The van der Waals surface area contributed by atoms with E-state index in [9.17, 15) is 18.0 Å². The van der Waals surface area contributed by atoms with Crippen LogP contribution in [0.15, 0.2) is 61.2 Å². The number of nitrogens with zero attached hydrogens (tertiary/aromatic N) is 4. The van der Waals surface area contributed by atoms with Gasteiger partial charge in [-0.1, -0.05) is 12.1 Å². The monoisotopic (exact) mass is 415 g/mol. The van der Waals surface area contributed by atoms with Gasteiger partial charge in [0, 0.05) is 37.7 Å². The summed E-state index contributed by atoms with van der Waals surface area (Å²) in [4.78, 5) is 17.9. The van der Waals surface area contributed by atoms with Gasteiger partial charge >= 0.3 is 6.18 Å². The van der Waals surface area contributed by atoms with Crippen LogP contribution in [0.25, 0.3) is 5.69 Å². The molecule has 3 aromatic rings. The second-order valence-electron chi connectivity index (χ2n) is 7.22. The van der Waals surface area contributed by atoms with Crippen LogP contribution in [0.2, 0.25) is 0 Å². The van der Waals surface area contributed by atoms with Crippen LogP contribution in [0.5, 0.6) is 0 Å². The first-order valence-corrected chi connectivity index (χ1v) is 9.54. The maximum atomic E-state index is 12.9. The number of anilines is 1. The number of hydrogen-bond donors (Lipinski definition) is 1. The SMILES string of the molecule is O=C(Cc1ccc(-n2cccn2)cc1)N[C@@H]1CCN(c2cncc(C(F)(F)F)c2)C1. The predicted molar refractivity (Wildman–Crippen MR) is 105 cm³/mol. The average Bonchev–Trinajstić information content (AvgIpc) is 3.40. The van der Waals surface area contributed by atoms with E-state index in [-0.39, 0.29) is 18.4 Å². The van der Waals surface area contributed by atoms with Gasteiger partial charge in [0.15, 0.2) is 0 Å². The van der Waals surface area contributed by atoms with Crippen molar-refractivity contribution in [3.63, 3.8) is 0 Å². The van der Waals surface area contributed by atoms with Crippen molar-refractivity contribution in [2.75, 3.05) is 18.0 Å². The fourth-order valence-electron chi connectivity index (χ4n) is 3.52. The molecule has 2 aromatic heterocycles. The van der Waals surface area contributed by atoms with Crippen LogP contribution < -0.4 is 10.2 Å². The Balaban J connectivity index is 1.32. The van der Waals surface area contributed by atoms with Gasteiger partial charge in [-0.2, -0.15) is 18.3 Å². The number of nitrogens with one attached hydrogen (secondary N) is 1. The molecular weight excluding hydrogens is 395 g/mol. The summed E-state index contributed by atoms with van der Waals surface area (Å²) in [5.41, 5.74) is 1.42. The van der Waals surface area contributed by atoms with E-state index in [4.69, 9.17) is 0 Å². The predicted octanol–water partition coefficient (Wildman–Crippen LogP) is 3.22. The van der Waals surface area contributed by atoms with Gasteiger partial charge in [0.2, 0.25) is 5.91 Å². The van der Waals surface area contributed by atoms with E-state index in [1.807, 2.05) is 41.4 Å². The third-order valence-corrected chi connectivity index (χ3v) is 5.04. The zero-order valence-corrected chi connectivity index (χ0v) is 16.0. The lowest BCUT2D eigenvalue weighted by Crippen LogP contribution is -2.38. The van der Waals surface area contributed by atoms with Crippen LogP contribution in [0.4, 0.5) is 18.9 Å². The minimum Gasteiger partial charge on any atom is -0.368 e. The molecule has 0 radical (unpaired) electrons. The molecule has 1 aromatic carbocycles. The Hall–Kier alpha value is -3.36. The summed E-state index contributed by atoms with van der Waals surface area (Å²) in [6.07, 6.45) is 2.25. The Kier molecular flexibility index (Phi) is 5.43. The molecule has 6 nitrogen and oxygen atoms in total. The topological polar surface area (TPSA) is 63.1 Å². The van der Waals surface area contributed by atoms with Crippen molar-refractivity contribution < 1.29 is 18.0 Å². The van der Waals surface area contributed by atoms with Crippen LogP contribution in [0, 0.1) is 0 Å². The number of benzene rings is 1. The van der Waals surface area contributed by atoms with Crippen molar-refractivity contribution >= 4 is 11.6 Å². The average molecular weight is 415 g/mol. The van der Waals surface area contributed by atoms with Crippen molar-refractivity contribution in [3.8, 4) is 5.69 Å². The highest BCUT2D eigenvalue weighted by Crippen LogP contribution is 2.31. The maximum Gasteiger partial charge on any atom is 0.417 e. The molecule has 1 aliphatic rings. The normalized spacial score (nSPS) is 16.6. The van der Waals surface area contributed by atoms with Gasteiger partial charge in [0.05, 0.1) is 29.6 Å². The van der Waals surface area contributed by atoms with Gasteiger partial charge in [-0.3, -0.25) is 9.78 Å². The van der Waals surface area contributed by atoms with Gasteiger partial charge in [-0.05, 0) is 36.2 Å². The Morgan fingerprint density at radius 2 is 1.97 bits per heavy atom. The van der Waals surface area contributed by atoms with Gasteiger partial charge in [0.25, 0.3) is 0 Å². The quantitative estimate of drug-likeness (QED) is 0.695. The molecule has 9 heteroatoms. The second-order valence-corrected chi connectivity index (χ2v) is 7.22. The highest BCUT2D eigenvalue weighted by atomic mass is 19.4. The molecule has 156 valence electrons. The lowest BCUT2D eigenvalue weighted by molar-refractivity contribution is -0.137. The molecule has 1 atom stereocenters. The summed E-state index contributed by atoms with van der Waals surface area (Å²) in [5, 5.41) is 7.14. The Morgan fingerprint density at radius 3 is 2.67 bits per heavy atom. The summed E-state index contributed by atoms with van der Waals surface area (Å²) in [6.45, 7) is 1.01. The lowest BCUT2D eigenvalue weighted by atomic mass is 10.1. The summed E-state index contributed by atoms with van der Waals surface area (Å²) >= 11 is 0. The van der Waals surface area contributed by atoms with Crippen LogP contribution in [0.1, 0.15) is 17.5 Å². The van der Waals surface area contributed by atoms with E-state index in [1.54, 1.807) is 10.9 Å². The molecule has 3 heterocycles. The van der Waals surface area contributed by atoms with Gasteiger partial charge in [-0.15, -0.1) is 0 Å². The summed E-state index contributed by atoms with van der Waals surface area (Å²) in [5.74, 6) is -0.115. The van der Waals surface area contributed by atoms with E-state index in [0.29, 0.717) is 25.2 Å². The third-order valence-electron chi connectivity index (χ3n) is 5.04. The van der Waals surface area contributed by atoms with Crippen LogP contribution in [0.3, 0.4) is 0 Å². The highest BCUT2D eigenvalue weighted by Gasteiger charge is 2.32. The number of pyridine rings is 1. The fourth-order valence-corrected chi connectivity index (χ4v) is 3.52. The smallest absolute Gasteiger partial charge is 0.368 e. The van der Waals surface area contributed by atoms with Crippen molar-refractivity contribution in [2.45, 2.75) is 25.1 Å². The minimum absolute atomic E-state index is 0.115. The minimum atomic E-state index is -4.43. The molecule has 0 saturated carbocycles. The summed E-state index contributed by atoms with van der Waals surface area (Å²) < 4.78 is 40.4. The largest absolute Gasteiger partial charge is 0.417 e. The molecule has 1 aliphatic heterocycles. The summed E-state index contributed by atoms with van der Waals surface area (Å²) in [7, 11) is 0. The second kappa shape index (κ2) is 8.17. The van der Waals surface area contributed by atoms with Crippen molar-refractivity contribution in [1.29, 1.82) is 0 Å². The molecule has 0 unspecified atom stereocenters. The standard InChI is InChI=1S/C21H20F3N5O/c22-21(23,24)16-11-19(13-25-12-16)28-9-6-17(14-28)27-20(30)10-15-2-4-18(5-3-15)29-8-1-7-26-29/h1-5,7-8,11-13,17H,6,9-10,14H2,(H,27,30)/t17-/m1/s1. The first-order valence-electron chi connectivity index (χ1n) is 9.54. The van der Waals surface area contributed by atoms with Crippen molar-refractivity contribution in [1.82, 2.24) is 20.1 Å². The summed E-state index contributed by atoms with van der Waals surface area (Å²) in [6, 6.07) is 10.4. The zero-order valence-electron chi connectivity index (χ0n) is 16.0. The number of halogens is 3. The van der Waals surface area contributed by atoms with E-state index >= 15 is 0 Å². The maximum absolute atomic E-state index is 12.9. The number of aromatic nitrogens is 3. The lowest BCUT2D eigenvalue weighted by Gasteiger charge is -2.20. The first-order chi connectivity index (χ1) is 14.4. The number of rotatable bonds is 5. The fraction of sp³-hybridized carbons (Fsp3) is 0.286. The van der Waals surface area contributed by atoms with E-state index in [1.165, 1.54) is 6.20 Å². The molecular formula is C21H20F3N5O. The van der Waals surface area contributed by atoms with Crippen LogP contribution >= 0.6 is 0 Å². The highest BCUT2D eigenvalue weighted by molar-refractivity contribution is 5.79. The molecule has 0 spiro atoms. The number of hydrogen-bond acceptors (Lipinski definition) is 4. The van der Waals surface area contributed by atoms with E-state index in [0.717, 1.165) is 23.5 Å². The van der Waals surface area contributed by atoms with Crippen LogP contribution in [-0.4, -0.2) is 39.8 Å².